The molecule has 0 aromatic rings. The molecule has 0 saturated heterocycles. The molecule has 0 aromatic heterocycles. The molecule has 0 radical (unpaired) electrons. The van der Waals surface area contributed by atoms with Crippen molar-refractivity contribution in [2.45, 2.75) is 0 Å². The molecule has 0 amide bonds. The first-order valence-corrected chi connectivity index (χ1v) is 4.59. The molecule has 14 heavy (non-hydrogen) atoms. The molecule has 14 heteroatoms. The molecule has 7 nitrogen and oxygen atoms in total. The van der Waals surface area contributed by atoms with Crippen LogP contribution in [0.3, 0.4) is 0 Å². The molecule has 0 aliphatic rings. The average Bonchev–Trinajstić information content (AvgIpc) is 1.14. The predicted molar refractivity (Wildman–Crippen MR) is 37.6 cm³/mol. The van der Waals surface area contributed by atoms with E-state index in [1.807, 2.05) is 0 Å². The Balaban J connectivity index is -0.00000000582. The van der Waals surface area contributed by atoms with Gasteiger partial charge in [-0.05, 0) is 0 Å². The largest absolute Gasteiger partial charge is 2.00 e. The second kappa shape index (κ2) is 19.1. The van der Waals surface area contributed by atoms with Gasteiger partial charge in [-0.25, -0.2) is 9.13 Å². The van der Waals surface area contributed by atoms with Gasteiger partial charge in [0.1, 0.15) is 0 Å². The molecule has 0 rings (SSSR count). The zero-order valence-electron chi connectivity index (χ0n) is 14.6. The summed E-state index contributed by atoms with van der Waals surface area (Å²) in [4.78, 5) is 31.0. The SMILES string of the molecule is O=P(O)(O)OP(=O)(O)O.[Ca+2].[H-].[H-].[H-].[H-].[H-].[H-].[K+].[K+].[K+].[K+]. The molecule has 0 saturated carbocycles. The standard InChI is InChI=1S/Ca.4K.H4O7P2.6H/c;;;;;1-8(2,3)7-9(4,5)6;;;;;;/h;;;;;(H2,1,2,3)(H2,4,5,6);;;;;;/q+2;4*+1;;6*-1. The third-order valence-corrected chi connectivity index (χ3v) is 1.91. The maximum absolute atomic E-state index is 9.63. The molecule has 0 atom stereocenters. The zero-order valence-corrected chi connectivity index (χ0v) is 25.1. The molecule has 0 aliphatic heterocycles. The van der Waals surface area contributed by atoms with Crippen molar-refractivity contribution in [3.8, 4) is 0 Å². The summed E-state index contributed by atoms with van der Waals surface area (Å²) in [5.74, 6) is 0. The van der Waals surface area contributed by atoms with Crippen molar-refractivity contribution < 1.29 is 247 Å². The molecule has 0 spiro atoms. The second-order valence-corrected chi connectivity index (χ2v) is 3.68. The van der Waals surface area contributed by atoms with Gasteiger partial charge in [-0.2, -0.15) is 4.31 Å². The van der Waals surface area contributed by atoms with Crippen molar-refractivity contribution in [3.05, 3.63) is 0 Å². The summed E-state index contributed by atoms with van der Waals surface area (Å²) in [6, 6.07) is 0. The third-order valence-electron chi connectivity index (χ3n) is 0.213. The van der Waals surface area contributed by atoms with Crippen molar-refractivity contribution >= 4 is 53.4 Å². The minimum atomic E-state index is -5.05. The molecule has 0 bridgehead atoms. The summed E-state index contributed by atoms with van der Waals surface area (Å²) in [7, 11) is -10.1. The molecular formula is H10CaK4O7P2. The Kier molecular flexibility index (Phi) is 51.8. The van der Waals surface area contributed by atoms with Crippen LogP contribution in [-0.4, -0.2) is 57.3 Å². The van der Waals surface area contributed by atoms with Gasteiger partial charge in [-0.1, -0.05) is 0 Å². The van der Waals surface area contributed by atoms with Crippen LogP contribution in [0.1, 0.15) is 8.56 Å². The second-order valence-electron chi connectivity index (χ2n) is 1.06. The molecule has 4 N–H and O–H groups in total. The average molecular weight is 380 g/mol. The van der Waals surface area contributed by atoms with Crippen LogP contribution in [0.25, 0.3) is 0 Å². The Hall–Kier alpha value is 8.07. The summed E-state index contributed by atoms with van der Waals surface area (Å²) >= 11 is 0. The van der Waals surface area contributed by atoms with E-state index in [-0.39, 0.29) is 252 Å². The van der Waals surface area contributed by atoms with E-state index in [2.05, 4.69) is 4.31 Å². The van der Waals surface area contributed by atoms with Crippen molar-refractivity contribution in [2.24, 2.45) is 0 Å². The Morgan fingerprint density at radius 2 is 0.929 bits per heavy atom. The topological polar surface area (TPSA) is 124 Å². The monoisotopic (exact) mass is 380 g/mol. The van der Waals surface area contributed by atoms with Crippen LogP contribution in [0.4, 0.5) is 0 Å². The molecular weight excluding hydrogens is 370 g/mol. The normalized spacial score (nSPS) is 8.86. The van der Waals surface area contributed by atoms with Crippen LogP contribution in [-0.2, 0) is 13.4 Å². The van der Waals surface area contributed by atoms with Gasteiger partial charge in [0, 0.05) is 0 Å². The summed E-state index contributed by atoms with van der Waals surface area (Å²) < 4.78 is 22.2. The van der Waals surface area contributed by atoms with Crippen molar-refractivity contribution in [1.82, 2.24) is 0 Å². The van der Waals surface area contributed by atoms with Gasteiger partial charge in [0.05, 0.1) is 0 Å². The van der Waals surface area contributed by atoms with E-state index in [1.54, 1.807) is 0 Å². The molecule has 68 valence electrons. The first kappa shape index (κ1) is 37.9. The van der Waals surface area contributed by atoms with Gasteiger partial charge in [0.25, 0.3) is 0 Å². The summed E-state index contributed by atoms with van der Waals surface area (Å²) in [5, 5.41) is 0. The van der Waals surface area contributed by atoms with E-state index < -0.39 is 15.6 Å². The molecule has 0 fully saturated rings. The minimum Gasteiger partial charge on any atom is -1.00 e. The molecule has 0 aliphatic carbocycles. The fourth-order valence-electron chi connectivity index (χ4n) is 0.139. The number of rotatable bonds is 2. The van der Waals surface area contributed by atoms with Crippen LogP contribution >= 0.6 is 15.6 Å². The van der Waals surface area contributed by atoms with E-state index >= 15 is 0 Å². The van der Waals surface area contributed by atoms with E-state index in [0.717, 1.165) is 0 Å². The van der Waals surface area contributed by atoms with Gasteiger partial charge in [0.15, 0.2) is 0 Å². The minimum absolute atomic E-state index is 0. The predicted octanol–water partition coefficient (Wildman–Crippen LogP) is -12.5. The Morgan fingerprint density at radius 1 is 0.786 bits per heavy atom. The van der Waals surface area contributed by atoms with Crippen molar-refractivity contribution in [2.75, 3.05) is 0 Å². The zero-order chi connectivity index (χ0) is 7.71. The van der Waals surface area contributed by atoms with Crippen molar-refractivity contribution in [1.29, 1.82) is 0 Å². The summed E-state index contributed by atoms with van der Waals surface area (Å²) in [5.41, 5.74) is 0. The van der Waals surface area contributed by atoms with E-state index in [1.165, 1.54) is 0 Å². The quantitative estimate of drug-likeness (QED) is 0.277. The number of hydrogen-bond donors (Lipinski definition) is 4. The van der Waals surface area contributed by atoms with Crippen molar-refractivity contribution in [3.63, 3.8) is 0 Å². The van der Waals surface area contributed by atoms with E-state index in [0.29, 0.717) is 0 Å². The maximum atomic E-state index is 9.63. The van der Waals surface area contributed by atoms with Gasteiger partial charge >= 0.3 is 259 Å². The molecule has 0 unspecified atom stereocenters. The number of hydrogen-bond acceptors (Lipinski definition) is 3. The van der Waals surface area contributed by atoms with Gasteiger partial charge in [-0.15, -0.1) is 0 Å². The van der Waals surface area contributed by atoms with E-state index in [4.69, 9.17) is 19.6 Å². The molecule has 0 heterocycles. The van der Waals surface area contributed by atoms with Gasteiger partial charge in [-0.3, -0.25) is 0 Å². The molecule has 0 aromatic carbocycles. The maximum Gasteiger partial charge on any atom is 2.00 e. The third kappa shape index (κ3) is 36.9. The van der Waals surface area contributed by atoms with Crippen LogP contribution in [0, 0.1) is 0 Å². The first-order chi connectivity index (χ1) is 3.71. The van der Waals surface area contributed by atoms with Crippen LogP contribution in [0.5, 0.6) is 0 Å². The first-order valence-electron chi connectivity index (χ1n) is 1.53. The number of phosphoric acid groups is 2. The fraction of sp³-hybridized carbons (Fsp3) is 0. The Labute approximate surface area is 290 Å². The Bertz CT molecular complexity index is 182. The smallest absolute Gasteiger partial charge is 1.00 e. The van der Waals surface area contributed by atoms with Gasteiger partial charge < -0.3 is 28.1 Å². The fourth-order valence-corrected chi connectivity index (χ4v) is 1.25. The van der Waals surface area contributed by atoms with Crippen LogP contribution in [0.15, 0.2) is 0 Å². The van der Waals surface area contributed by atoms with Gasteiger partial charge in [0.2, 0.25) is 0 Å². The summed E-state index contributed by atoms with van der Waals surface area (Å²) in [6.07, 6.45) is 0. The summed E-state index contributed by atoms with van der Waals surface area (Å²) in [6.45, 7) is 0. The Morgan fingerprint density at radius 3 is 0.929 bits per heavy atom. The van der Waals surface area contributed by atoms with Crippen LogP contribution < -0.4 is 206 Å². The van der Waals surface area contributed by atoms with Crippen LogP contribution in [0.2, 0.25) is 0 Å². The van der Waals surface area contributed by atoms with E-state index in [9.17, 15) is 9.13 Å².